The van der Waals surface area contributed by atoms with Crippen LogP contribution in [0.25, 0.3) is 0 Å². The van der Waals surface area contributed by atoms with Crippen molar-refractivity contribution >= 4 is 17.3 Å². The molecule has 158 valence electrons. The first kappa shape index (κ1) is 20.8. The Labute approximate surface area is 182 Å². The summed E-state index contributed by atoms with van der Waals surface area (Å²) in [5, 5.41) is 9.62. The zero-order valence-electron chi connectivity index (χ0n) is 17.4. The normalized spacial score (nSPS) is 15.9. The largest absolute Gasteiger partial charge is 0.508 e. The van der Waals surface area contributed by atoms with Gasteiger partial charge < -0.3 is 15.7 Å². The number of unbranched alkanes of at least 4 members (excludes halogenated alkanes) is 1. The first-order valence-electron chi connectivity index (χ1n) is 10.7. The van der Waals surface area contributed by atoms with Crippen LogP contribution in [0.2, 0.25) is 0 Å². The number of anilines is 1. The van der Waals surface area contributed by atoms with Gasteiger partial charge >= 0.3 is 0 Å². The number of benzodiazepines with no additional fused rings is 1. The number of benzene rings is 3. The molecule has 1 atom stereocenters. The molecule has 1 aliphatic rings. The Kier molecular flexibility index (Phi) is 6.43. The van der Waals surface area contributed by atoms with Gasteiger partial charge in [-0.1, -0.05) is 60.7 Å². The lowest BCUT2D eigenvalue weighted by Crippen LogP contribution is -2.39. The first-order chi connectivity index (χ1) is 15.2. The van der Waals surface area contributed by atoms with Gasteiger partial charge in [0.15, 0.2) is 0 Å². The molecule has 3 aromatic carbocycles. The van der Waals surface area contributed by atoms with Gasteiger partial charge in [0.25, 0.3) is 5.91 Å². The van der Waals surface area contributed by atoms with E-state index >= 15 is 0 Å². The number of aliphatic imine (C=N–C) groups is 1. The summed E-state index contributed by atoms with van der Waals surface area (Å²) in [5.74, 6) is 0.198. The van der Waals surface area contributed by atoms with E-state index in [1.165, 1.54) is 0 Å². The number of hydrogen-bond donors (Lipinski definition) is 2. The van der Waals surface area contributed by atoms with E-state index in [1.807, 2.05) is 71.6 Å². The summed E-state index contributed by atoms with van der Waals surface area (Å²) in [7, 11) is 0. The Morgan fingerprint density at radius 3 is 2.35 bits per heavy atom. The lowest BCUT2D eigenvalue weighted by Gasteiger charge is -2.25. The third-order valence-corrected chi connectivity index (χ3v) is 5.53. The minimum atomic E-state index is -0.551. The number of nitrogens with two attached hydrogens (primary N) is 1. The molecule has 0 aromatic heterocycles. The lowest BCUT2D eigenvalue weighted by atomic mass is 10.00. The fourth-order valence-electron chi connectivity index (χ4n) is 3.95. The maximum Gasteiger partial charge on any atom is 0.252 e. The molecule has 4 rings (SSSR count). The predicted octanol–water partition coefficient (Wildman–Crippen LogP) is 3.93. The molecule has 1 unspecified atom stereocenters. The zero-order valence-corrected chi connectivity index (χ0v) is 17.4. The quantitative estimate of drug-likeness (QED) is 0.576. The van der Waals surface area contributed by atoms with Crippen LogP contribution in [-0.2, 0) is 11.2 Å². The molecular weight excluding hydrogens is 386 g/mol. The van der Waals surface area contributed by atoms with Crippen LogP contribution in [-0.4, -0.2) is 35.9 Å². The van der Waals surface area contributed by atoms with Crippen LogP contribution >= 0.6 is 0 Å². The average Bonchev–Trinajstić information content (AvgIpc) is 2.92. The van der Waals surface area contributed by atoms with Gasteiger partial charge in [0.05, 0.1) is 11.4 Å². The summed E-state index contributed by atoms with van der Waals surface area (Å²) < 4.78 is 0. The van der Waals surface area contributed by atoms with Crippen LogP contribution in [0.15, 0.2) is 83.9 Å². The predicted molar refractivity (Wildman–Crippen MR) is 125 cm³/mol. The summed E-state index contributed by atoms with van der Waals surface area (Å²) in [4.78, 5) is 20.6. The Morgan fingerprint density at radius 1 is 0.903 bits per heavy atom. The Hall–Kier alpha value is -3.44. The van der Waals surface area contributed by atoms with Crippen molar-refractivity contribution < 1.29 is 9.90 Å². The minimum Gasteiger partial charge on any atom is -0.508 e. The van der Waals surface area contributed by atoms with E-state index in [0.29, 0.717) is 19.5 Å². The fraction of sp³-hybridized carbons (Fsp3) is 0.231. The molecular formula is C26H27N3O2. The molecule has 5 nitrogen and oxygen atoms in total. The number of carbonyl (C=O) groups excluding carboxylic acids is 1. The third kappa shape index (κ3) is 4.67. The topological polar surface area (TPSA) is 78.9 Å². The van der Waals surface area contributed by atoms with E-state index < -0.39 is 6.04 Å². The van der Waals surface area contributed by atoms with Gasteiger partial charge in [-0.25, -0.2) is 0 Å². The number of fused-ring (bicyclic) bond motifs is 1. The number of phenols is 1. The highest BCUT2D eigenvalue weighted by molar-refractivity contribution is 6.20. The molecule has 3 aromatic rings. The van der Waals surface area contributed by atoms with Crippen molar-refractivity contribution in [2.75, 3.05) is 18.0 Å². The summed E-state index contributed by atoms with van der Waals surface area (Å²) in [6.45, 7) is 1.21. The number of amides is 1. The van der Waals surface area contributed by atoms with Gasteiger partial charge in [0, 0.05) is 24.1 Å². The highest BCUT2D eigenvalue weighted by Gasteiger charge is 2.31. The van der Waals surface area contributed by atoms with Gasteiger partial charge in [0.1, 0.15) is 11.8 Å². The number of rotatable bonds is 7. The number of para-hydroxylation sites is 1. The maximum absolute atomic E-state index is 13.7. The van der Waals surface area contributed by atoms with Crippen LogP contribution in [0.4, 0.5) is 5.69 Å². The highest BCUT2D eigenvalue weighted by Crippen LogP contribution is 2.30. The molecule has 0 bridgehead atoms. The highest BCUT2D eigenvalue weighted by atomic mass is 16.3. The Balaban J connectivity index is 1.80. The van der Waals surface area contributed by atoms with Crippen LogP contribution in [0.1, 0.15) is 29.5 Å². The van der Waals surface area contributed by atoms with Crippen molar-refractivity contribution in [1.82, 2.24) is 0 Å². The number of nitrogens with zero attached hydrogens (tertiary/aromatic N) is 2. The molecule has 1 heterocycles. The third-order valence-electron chi connectivity index (χ3n) is 5.53. The molecule has 1 amide bonds. The molecule has 0 aliphatic carbocycles. The second kappa shape index (κ2) is 9.58. The molecule has 0 fully saturated rings. The number of phenolic OH excluding ortho intramolecular Hbond substituents is 1. The summed E-state index contributed by atoms with van der Waals surface area (Å²) in [6, 6.07) is 24.4. The molecule has 5 heteroatoms. The molecule has 31 heavy (non-hydrogen) atoms. The second-order valence-electron chi connectivity index (χ2n) is 7.73. The number of carbonyl (C=O) groups is 1. The number of hydrogen-bond acceptors (Lipinski definition) is 4. The average molecular weight is 414 g/mol. The first-order valence-corrected chi connectivity index (χ1v) is 10.7. The van der Waals surface area contributed by atoms with Crippen LogP contribution in [0.5, 0.6) is 5.75 Å². The summed E-state index contributed by atoms with van der Waals surface area (Å²) in [6.07, 6.45) is 2.17. The smallest absolute Gasteiger partial charge is 0.252 e. The van der Waals surface area contributed by atoms with E-state index in [1.54, 1.807) is 12.1 Å². The molecule has 1 aliphatic heterocycles. The van der Waals surface area contributed by atoms with Crippen molar-refractivity contribution in [2.45, 2.75) is 25.3 Å². The summed E-state index contributed by atoms with van der Waals surface area (Å²) >= 11 is 0. The SMILES string of the molecule is NCCCCN1C(=O)C(Cc2ccc(O)cc2)N=C(c2ccccc2)c2ccccc21. The van der Waals surface area contributed by atoms with Gasteiger partial charge in [-0.05, 0) is 43.1 Å². The maximum atomic E-state index is 13.7. The molecule has 0 radical (unpaired) electrons. The second-order valence-corrected chi connectivity index (χ2v) is 7.73. The molecule has 0 spiro atoms. The molecule has 0 saturated carbocycles. The van der Waals surface area contributed by atoms with E-state index in [4.69, 9.17) is 10.7 Å². The van der Waals surface area contributed by atoms with Gasteiger partial charge in [-0.15, -0.1) is 0 Å². The Bertz CT molecular complexity index is 1060. The monoisotopic (exact) mass is 413 g/mol. The Morgan fingerprint density at radius 2 is 1.61 bits per heavy atom. The number of aromatic hydroxyl groups is 1. The molecule has 3 N–H and O–H groups in total. The van der Waals surface area contributed by atoms with Crippen molar-refractivity contribution in [2.24, 2.45) is 10.7 Å². The standard InChI is InChI=1S/C26H27N3O2/c27-16-6-7-17-29-24-11-5-4-10-22(24)25(20-8-2-1-3-9-20)28-23(26(29)31)18-19-12-14-21(30)15-13-19/h1-5,8-15,23,30H,6-7,16-18,27H2. The minimum absolute atomic E-state index is 0.0107. The van der Waals surface area contributed by atoms with Crippen LogP contribution in [0, 0.1) is 0 Å². The van der Waals surface area contributed by atoms with Crippen LogP contribution in [0.3, 0.4) is 0 Å². The van der Waals surface area contributed by atoms with Crippen molar-refractivity contribution in [1.29, 1.82) is 0 Å². The fourth-order valence-corrected chi connectivity index (χ4v) is 3.95. The van der Waals surface area contributed by atoms with E-state index in [-0.39, 0.29) is 11.7 Å². The van der Waals surface area contributed by atoms with E-state index in [0.717, 1.165) is 40.9 Å². The van der Waals surface area contributed by atoms with Gasteiger partial charge in [0.2, 0.25) is 0 Å². The van der Waals surface area contributed by atoms with Gasteiger partial charge in [-0.3, -0.25) is 9.79 Å². The van der Waals surface area contributed by atoms with E-state index in [2.05, 4.69) is 0 Å². The van der Waals surface area contributed by atoms with Crippen molar-refractivity contribution in [3.05, 3.63) is 95.6 Å². The van der Waals surface area contributed by atoms with Crippen molar-refractivity contribution in [3.8, 4) is 5.75 Å². The van der Waals surface area contributed by atoms with E-state index in [9.17, 15) is 9.90 Å². The molecule has 0 saturated heterocycles. The summed E-state index contributed by atoms with van der Waals surface area (Å²) in [5.41, 5.74) is 10.3. The lowest BCUT2D eigenvalue weighted by molar-refractivity contribution is -0.119. The zero-order chi connectivity index (χ0) is 21.6. The van der Waals surface area contributed by atoms with Crippen molar-refractivity contribution in [3.63, 3.8) is 0 Å². The van der Waals surface area contributed by atoms with Crippen LogP contribution < -0.4 is 10.6 Å². The van der Waals surface area contributed by atoms with Gasteiger partial charge in [-0.2, -0.15) is 0 Å².